The lowest BCUT2D eigenvalue weighted by Crippen LogP contribution is -2.41. The van der Waals surface area contributed by atoms with E-state index >= 15 is 0 Å². The van der Waals surface area contributed by atoms with E-state index in [1.54, 1.807) is 10.6 Å². The second-order valence-electron chi connectivity index (χ2n) is 7.30. The predicted molar refractivity (Wildman–Crippen MR) is 95.1 cm³/mol. The van der Waals surface area contributed by atoms with Crippen LogP contribution < -0.4 is 10.9 Å². The minimum absolute atomic E-state index is 0.0460. The number of amides is 1. The van der Waals surface area contributed by atoms with Gasteiger partial charge in [0.2, 0.25) is 0 Å². The molecule has 1 aliphatic heterocycles. The Morgan fingerprint density at radius 2 is 2.00 bits per heavy atom. The number of hydrogen-bond acceptors (Lipinski definition) is 4. The smallest absolute Gasteiger partial charge is 0.259 e. The molecule has 0 spiro atoms. The summed E-state index contributed by atoms with van der Waals surface area (Å²) in [4.78, 5) is 29.9. The van der Waals surface area contributed by atoms with E-state index in [4.69, 9.17) is 0 Å². The first kappa shape index (κ1) is 16.3. The Balaban J connectivity index is 1.80. The summed E-state index contributed by atoms with van der Waals surface area (Å²) >= 11 is 0. The molecule has 2 fully saturated rings. The number of aromatic nitrogens is 3. The maximum atomic E-state index is 13.0. The van der Waals surface area contributed by atoms with Crippen LogP contribution in [0.25, 0.3) is 5.65 Å². The standard InChI is InChI=1S/C18H25N5O2/c1-11-16(18(25)22(2)13-4-3-5-13)17-20-15(24)10-14(23(17)21-11)12-6-8-19-9-7-12/h10,12-13,19H,3-9H2,1-2H3,(H,20,24). The summed E-state index contributed by atoms with van der Waals surface area (Å²) in [6, 6.07) is 1.94. The van der Waals surface area contributed by atoms with Crippen molar-refractivity contribution in [2.45, 2.75) is 51.0 Å². The van der Waals surface area contributed by atoms with E-state index in [2.05, 4.69) is 15.4 Å². The third-order valence-electron chi connectivity index (χ3n) is 5.74. The number of carbonyl (C=O) groups excluding carboxylic acids is 1. The second-order valence-corrected chi connectivity index (χ2v) is 7.30. The van der Waals surface area contributed by atoms with Crippen molar-refractivity contribution in [3.8, 4) is 0 Å². The molecule has 25 heavy (non-hydrogen) atoms. The molecule has 1 amide bonds. The van der Waals surface area contributed by atoms with Gasteiger partial charge < -0.3 is 15.2 Å². The highest BCUT2D eigenvalue weighted by molar-refractivity contribution is 6.01. The molecule has 0 radical (unpaired) electrons. The van der Waals surface area contributed by atoms with E-state index in [0.29, 0.717) is 22.9 Å². The first-order chi connectivity index (χ1) is 12.1. The first-order valence-corrected chi connectivity index (χ1v) is 9.16. The Morgan fingerprint density at radius 3 is 2.64 bits per heavy atom. The van der Waals surface area contributed by atoms with Gasteiger partial charge in [-0.25, -0.2) is 4.52 Å². The summed E-state index contributed by atoms with van der Waals surface area (Å²) in [6.07, 6.45) is 5.23. The van der Waals surface area contributed by atoms with Gasteiger partial charge in [0.1, 0.15) is 11.2 Å². The van der Waals surface area contributed by atoms with Crippen LogP contribution in [0, 0.1) is 6.92 Å². The van der Waals surface area contributed by atoms with Gasteiger partial charge >= 0.3 is 0 Å². The molecule has 0 unspecified atom stereocenters. The van der Waals surface area contributed by atoms with Gasteiger partial charge in [0, 0.05) is 25.1 Å². The molecule has 2 aromatic heterocycles. The summed E-state index contributed by atoms with van der Waals surface area (Å²) in [5.41, 5.74) is 2.49. The Morgan fingerprint density at radius 1 is 1.28 bits per heavy atom. The van der Waals surface area contributed by atoms with Crippen LogP contribution in [-0.2, 0) is 0 Å². The van der Waals surface area contributed by atoms with Gasteiger partial charge in [-0.15, -0.1) is 0 Å². The van der Waals surface area contributed by atoms with E-state index in [1.165, 1.54) is 6.42 Å². The summed E-state index contributed by atoms with van der Waals surface area (Å²) in [6.45, 7) is 3.73. The van der Waals surface area contributed by atoms with Crippen molar-refractivity contribution in [2.75, 3.05) is 20.1 Å². The van der Waals surface area contributed by atoms with Gasteiger partial charge in [0.25, 0.3) is 11.5 Å². The predicted octanol–water partition coefficient (Wildman–Crippen LogP) is 1.42. The molecule has 1 saturated heterocycles. The molecular weight excluding hydrogens is 318 g/mol. The monoisotopic (exact) mass is 343 g/mol. The van der Waals surface area contributed by atoms with Crippen LogP contribution in [0.3, 0.4) is 0 Å². The molecule has 134 valence electrons. The fourth-order valence-electron chi connectivity index (χ4n) is 3.96. The van der Waals surface area contributed by atoms with Gasteiger partial charge in [-0.05, 0) is 52.1 Å². The van der Waals surface area contributed by atoms with Gasteiger partial charge in [-0.1, -0.05) is 0 Å². The van der Waals surface area contributed by atoms with Crippen molar-refractivity contribution in [1.29, 1.82) is 0 Å². The molecule has 4 rings (SSSR count). The zero-order valence-electron chi connectivity index (χ0n) is 14.8. The van der Waals surface area contributed by atoms with Crippen LogP contribution in [0.4, 0.5) is 0 Å². The molecule has 1 saturated carbocycles. The number of carbonyl (C=O) groups is 1. The van der Waals surface area contributed by atoms with Crippen molar-refractivity contribution in [3.05, 3.63) is 33.4 Å². The van der Waals surface area contributed by atoms with Crippen molar-refractivity contribution in [2.24, 2.45) is 0 Å². The van der Waals surface area contributed by atoms with Crippen LogP contribution in [0.15, 0.2) is 10.9 Å². The highest BCUT2D eigenvalue weighted by atomic mass is 16.2. The molecular formula is C18H25N5O2. The molecule has 0 bridgehead atoms. The number of rotatable bonds is 3. The van der Waals surface area contributed by atoms with Crippen LogP contribution in [-0.4, -0.2) is 51.6 Å². The number of aryl methyl sites for hydroxylation is 1. The summed E-state index contributed by atoms with van der Waals surface area (Å²) in [5.74, 6) is 0.243. The van der Waals surface area contributed by atoms with Crippen LogP contribution in [0.1, 0.15) is 59.8 Å². The number of nitrogens with zero attached hydrogens (tertiary/aromatic N) is 3. The first-order valence-electron chi connectivity index (χ1n) is 9.16. The highest BCUT2D eigenvalue weighted by Gasteiger charge is 2.30. The molecule has 2 aromatic rings. The van der Waals surface area contributed by atoms with E-state index in [-0.39, 0.29) is 17.4 Å². The quantitative estimate of drug-likeness (QED) is 0.883. The zero-order chi connectivity index (χ0) is 17.6. The molecule has 7 heteroatoms. The maximum Gasteiger partial charge on any atom is 0.259 e. The maximum absolute atomic E-state index is 13.0. The minimum Gasteiger partial charge on any atom is -0.339 e. The molecule has 1 aliphatic carbocycles. The molecule has 3 heterocycles. The Bertz CT molecular complexity index is 858. The number of piperidine rings is 1. The molecule has 0 aromatic carbocycles. The molecule has 0 atom stereocenters. The van der Waals surface area contributed by atoms with Gasteiger partial charge in [-0.3, -0.25) is 9.59 Å². The van der Waals surface area contributed by atoms with E-state index in [0.717, 1.165) is 44.5 Å². The molecule has 7 nitrogen and oxygen atoms in total. The van der Waals surface area contributed by atoms with Crippen LogP contribution in [0.5, 0.6) is 0 Å². The fraction of sp³-hybridized carbons (Fsp3) is 0.611. The lowest BCUT2D eigenvalue weighted by Gasteiger charge is -2.34. The van der Waals surface area contributed by atoms with Crippen LogP contribution >= 0.6 is 0 Å². The average molecular weight is 343 g/mol. The summed E-state index contributed by atoms with van der Waals surface area (Å²) < 4.78 is 1.79. The lowest BCUT2D eigenvalue weighted by atomic mass is 9.91. The van der Waals surface area contributed by atoms with Crippen LogP contribution in [0.2, 0.25) is 0 Å². The normalized spacial score (nSPS) is 19.1. The summed E-state index contributed by atoms with van der Waals surface area (Å²) in [5, 5.41) is 7.96. The number of hydrogen-bond donors (Lipinski definition) is 2. The van der Waals surface area contributed by atoms with E-state index in [9.17, 15) is 9.59 Å². The minimum atomic E-state index is -0.165. The van der Waals surface area contributed by atoms with E-state index in [1.807, 2.05) is 18.9 Å². The summed E-state index contributed by atoms with van der Waals surface area (Å²) in [7, 11) is 1.85. The van der Waals surface area contributed by atoms with E-state index < -0.39 is 0 Å². The Hall–Kier alpha value is -2.15. The number of fused-ring (bicyclic) bond motifs is 1. The third-order valence-corrected chi connectivity index (χ3v) is 5.74. The molecule has 2 N–H and O–H groups in total. The zero-order valence-corrected chi connectivity index (χ0v) is 14.8. The number of H-pyrrole nitrogens is 1. The van der Waals surface area contributed by atoms with Gasteiger partial charge in [-0.2, -0.15) is 5.10 Å². The average Bonchev–Trinajstić information content (AvgIpc) is 2.88. The second kappa shape index (κ2) is 6.29. The van der Waals surface area contributed by atoms with Gasteiger partial charge in [0.15, 0.2) is 0 Å². The lowest BCUT2D eigenvalue weighted by molar-refractivity contribution is 0.0653. The van der Waals surface area contributed by atoms with Crippen molar-refractivity contribution in [1.82, 2.24) is 24.8 Å². The van der Waals surface area contributed by atoms with Gasteiger partial charge in [0.05, 0.1) is 11.4 Å². The Labute approximate surface area is 146 Å². The van der Waals surface area contributed by atoms with Crippen molar-refractivity contribution >= 4 is 11.6 Å². The largest absolute Gasteiger partial charge is 0.339 e. The number of aromatic amines is 1. The Kier molecular flexibility index (Phi) is 4.11. The SMILES string of the molecule is Cc1nn2c(C3CCNCC3)cc(=O)[nH]c2c1C(=O)N(C)C1CCC1. The van der Waals surface area contributed by atoms with Crippen molar-refractivity contribution < 1.29 is 4.79 Å². The molecule has 2 aliphatic rings. The van der Waals surface area contributed by atoms with Crippen molar-refractivity contribution in [3.63, 3.8) is 0 Å². The third kappa shape index (κ3) is 2.76. The fourth-order valence-corrected chi connectivity index (χ4v) is 3.96. The topological polar surface area (TPSA) is 82.5 Å². The highest BCUT2D eigenvalue weighted by Crippen LogP contribution is 2.28. The number of nitrogens with one attached hydrogen (secondary N) is 2.